The molecule has 0 spiro atoms. The summed E-state index contributed by atoms with van der Waals surface area (Å²) in [5, 5.41) is 10.9. The van der Waals surface area contributed by atoms with Gasteiger partial charge in [0.05, 0.1) is 19.3 Å². The summed E-state index contributed by atoms with van der Waals surface area (Å²) >= 11 is 0. The van der Waals surface area contributed by atoms with Crippen LogP contribution in [0.4, 0.5) is 0 Å². The Labute approximate surface area is 139 Å². The van der Waals surface area contributed by atoms with Gasteiger partial charge in [-0.3, -0.25) is 0 Å². The molecule has 0 amide bonds. The van der Waals surface area contributed by atoms with E-state index in [4.69, 9.17) is 9.47 Å². The van der Waals surface area contributed by atoms with E-state index in [1.54, 1.807) is 7.11 Å². The van der Waals surface area contributed by atoms with E-state index in [0.717, 1.165) is 23.7 Å². The van der Waals surface area contributed by atoms with Crippen molar-refractivity contribution in [2.24, 2.45) is 22.7 Å². The van der Waals surface area contributed by atoms with Gasteiger partial charge in [0.2, 0.25) is 0 Å². The van der Waals surface area contributed by atoms with Crippen LogP contribution in [0.5, 0.6) is 5.75 Å². The fourth-order valence-electron chi connectivity index (χ4n) is 5.87. The summed E-state index contributed by atoms with van der Waals surface area (Å²) in [6, 6.07) is 7.73. The van der Waals surface area contributed by atoms with E-state index in [9.17, 15) is 5.11 Å². The Morgan fingerprint density at radius 1 is 1.26 bits per heavy atom. The molecule has 1 saturated heterocycles. The van der Waals surface area contributed by atoms with Crippen LogP contribution in [0.15, 0.2) is 24.3 Å². The van der Waals surface area contributed by atoms with Crippen LogP contribution in [0.25, 0.3) is 0 Å². The molecule has 23 heavy (non-hydrogen) atoms. The minimum atomic E-state index is -0.608. The molecule has 0 radical (unpaired) electrons. The van der Waals surface area contributed by atoms with Gasteiger partial charge >= 0.3 is 0 Å². The summed E-state index contributed by atoms with van der Waals surface area (Å²) in [6.45, 7) is 7.23. The first-order valence-electron chi connectivity index (χ1n) is 8.86. The number of ether oxygens (including phenoxy) is 2. The predicted octanol–water partition coefficient (Wildman–Crippen LogP) is 3.96. The molecule has 126 valence electrons. The second-order valence-corrected chi connectivity index (χ2v) is 8.47. The van der Waals surface area contributed by atoms with E-state index < -0.39 is 6.10 Å². The fourth-order valence-corrected chi connectivity index (χ4v) is 5.87. The van der Waals surface area contributed by atoms with Gasteiger partial charge in [-0.25, -0.2) is 0 Å². The van der Waals surface area contributed by atoms with Gasteiger partial charge in [-0.1, -0.05) is 39.0 Å². The molecule has 2 saturated carbocycles. The van der Waals surface area contributed by atoms with Crippen LogP contribution in [-0.4, -0.2) is 24.4 Å². The van der Waals surface area contributed by atoms with Crippen LogP contribution < -0.4 is 4.74 Å². The Morgan fingerprint density at radius 2 is 2.00 bits per heavy atom. The van der Waals surface area contributed by atoms with E-state index in [2.05, 4.69) is 20.8 Å². The van der Waals surface area contributed by atoms with Gasteiger partial charge in [-0.15, -0.1) is 0 Å². The minimum absolute atomic E-state index is 0.114. The number of hydrogen-bond donors (Lipinski definition) is 1. The molecule has 1 aliphatic heterocycles. The number of fused-ring (bicyclic) bond motifs is 5. The van der Waals surface area contributed by atoms with Gasteiger partial charge in [0, 0.05) is 5.56 Å². The molecule has 6 atom stereocenters. The summed E-state index contributed by atoms with van der Waals surface area (Å²) in [5.41, 5.74) is 1.44. The van der Waals surface area contributed by atoms with Crippen molar-refractivity contribution in [2.75, 3.05) is 7.11 Å². The van der Waals surface area contributed by atoms with Crippen LogP contribution in [0.2, 0.25) is 0 Å². The third-order valence-corrected chi connectivity index (χ3v) is 7.54. The molecule has 0 aromatic heterocycles. The second kappa shape index (κ2) is 4.97. The topological polar surface area (TPSA) is 38.7 Å². The molecule has 3 nitrogen and oxygen atoms in total. The van der Waals surface area contributed by atoms with E-state index in [1.807, 2.05) is 24.3 Å². The average Bonchev–Trinajstić information content (AvgIpc) is 3.12. The fraction of sp³-hybridized carbons (Fsp3) is 0.700. The number of methoxy groups -OCH3 is 1. The van der Waals surface area contributed by atoms with Gasteiger partial charge in [-0.2, -0.15) is 0 Å². The number of rotatable bonds is 3. The maximum absolute atomic E-state index is 10.9. The molecule has 4 rings (SSSR count). The molecule has 2 bridgehead atoms. The molecule has 1 aromatic rings. The number of aliphatic hydroxyl groups excluding tert-OH is 1. The molecule has 3 fully saturated rings. The van der Waals surface area contributed by atoms with Crippen LogP contribution >= 0.6 is 0 Å². The summed E-state index contributed by atoms with van der Waals surface area (Å²) in [4.78, 5) is 0. The van der Waals surface area contributed by atoms with E-state index in [1.165, 1.54) is 12.8 Å². The highest BCUT2D eigenvalue weighted by atomic mass is 16.5. The highest BCUT2D eigenvalue weighted by Gasteiger charge is 2.69. The SMILES string of the molecule is COc1ccccc1[C@H](O)[C@H]1C[C@@H]2[C@H]3CC[C@@](C)([C@@H]2O1)C3(C)C. The van der Waals surface area contributed by atoms with E-state index in [0.29, 0.717) is 17.4 Å². The van der Waals surface area contributed by atoms with Crippen LogP contribution in [-0.2, 0) is 4.74 Å². The summed E-state index contributed by atoms with van der Waals surface area (Å²) in [7, 11) is 1.65. The van der Waals surface area contributed by atoms with Gasteiger partial charge < -0.3 is 14.6 Å². The second-order valence-electron chi connectivity index (χ2n) is 8.47. The maximum atomic E-state index is 10.9. The Morgan fingerprint density at radius 3 is 2.70 bits per heavy atom. The lowest BCUT2D eigenvalue weighted by atomic mass is 9.70. The van der Waals surface area contributed by atoms with Crippen LogP contribution in [0.1, 0.15) is 51.7 Å². The Hall–Kier alpha value is -1.06. The molecule has 0 unspecified atom stereocenters. The van der Waals surface area contributed by atoms with Crippen molar-refractivity contribution in [1.29, 1.82) is 0 Å². The third-order valence-electron chi connectivity index (χ3n) is 7.54. The lowest BCUT2D eigenvalue weighted by molar-refractivity contribution is -0.0922. The first-order valence-corrected chi connectivity index (χ1v) is 8.86. The monoisotopic (exact) mass is 316 g/mol. The third kappa shape index (κ3) is 1.90. The summed E-state index contributed by atoms with van der Waals surface area (Å²) < 4.78 is 11.9. The predicted molar refractivity (Wildman–Crippen MR) is 89.3 cm³/mol. The van der Waals surface area contributed by atoms with Crippen LogP contribution in [0, 0.1) is 22.7 Å². The highest BCUT2D eigenvalue weighted by Crippen LogP contribution is 2.71. The largest absolute Gasteiger partial charge is 0.496 e. The molecular formula is C20H28O3. The van der Waals surface area contributed by atoms with Gasteiger partial charge in [0.1, 0.15) is 11.9 Å². The van der Waals surface area contributed by atoms with E-state index in [-0.39, 0.29) is 11.5 Å². The van der Waals surface area contributed by atoms with Gasteiger partial charge in [-0.05, 0) is 48.0 Å². The normalized spacial score (nSPS) is 41.8. The number of hydrogen-bond acceptors (Lipinski definition) is 3. The lowest BCUT2D eigenvalue weighted by Crippen LogP contribution is -2.38. The first-order chi connectivity index (χ1) is 10.9. The van der Waals surface area contributed by atoms with Crippen molar-refractivity contribution in [1.82, 2.24) is 0 Å². The Balaban J connectivity index is 1.59. The van der Waals surface area contributed by atoms with Crippen molar-refractivity contribution >= 4 is 0 Å². The molecule has 1 heterocycles. The Kier molecular flexibility index (Phi) is 3.34. The number of para-hydroxylation sites is 1. The molecule has 1 aromatic carbocycles. The van der Waals surface area contributed by atoms with Crippen molar-refractivity contribution in [2.45, 2.75) is 58.3 Å². The minimum Gasteiger partial charge on any atom is -0.496 e. The zero-order chi connectivity index (χ0) is 16.4. The van der Waals surface area contributed by atoms with Crippen LogP contribution in [0.3, 0.4) is 0 Å². The molecular weight excluding hydrogens is 288 g/mol. The standard InChI is InChI=1S/C20H28O3/c1-19(2)14-9-10-20(19,3)18-13(14)11-16(23-18)17(21)12-7-5-6-8-15(12)22-4/h5-8,13-14,16-18,21H,9-11H2,1-4H3/t13-,14-,16-,17+,18-,20+/m1/s1. The highest BCUT2D eigenvalue weighted by molar-refractivity contribution is 5.36. The summed E-state index contributed by atoms with van der Waals surface area (Å²) in [6.07, 6.45) is 3.10. The smallest absolute Gasteiger partial charge is 0.124 e. The maximum Gasteiger partial charge on any atom is 0.124 e. The first kappa shape index (κ1) is 15.5. The number of aliphatic hydroxyl groups is 1. The summed E-state index contributed by atoms with van der Waals surface area (Å²) in [5.74, 6) is 2.07. The molecule has 2 aliphatic carbocycles. The van der Waals surface area contributed by atoms with E-state index >= 15 is 0 Å². The van der Waals surface area contributed by atoms with Crippen molar-refractivity contribution in [3.05, 3.63) is 29.8 Å². The Bertz CT molecular complexity index is 611. The molecule has 3 heteroatoms. The van der Waals surface area contributed by atoms with Gasteiger partial charge in [0.25, 0.3) is 0 Å². The average molecular weight is 316 g/mol. The molecule has 3 aliphatic rings. The lowest BCUT2D eigenvalue weighted by Gasteiger charge is -2.39. The quantitative estimate of drug-likeness (QED) is 0.917. The van der Waals surface area contributed by atoms with Gasteiger partial charge in [0.15, 0.2) is 0 Å². The van der Waals surface area contributed by atoms with Crippen molar-refractivity contribution in [3.63, 3.8) is 0 Å². The zero-order valence-electron chi connectivity index (χ0n) is 14.6. The zero-order valence-corrected chi connectivity index (χ0v) is 14.6. The van der Waals surface area contributed by atoms with Crippen molar-refractivity contribution < 1.29 is 14.6 Å². The van der Waals surface area contributed by atoms with Crippen molar-refractivity contribution in [3.8, 4) is 5.75 Å². The number of benzene rings is 1. The molecule has 1 N–H and O–H groups in total.